The predicted octanol–water partition coefficient (Wildman–Crippen LogP) is 1.04. The quantitative estimate of drug-likeness (QED) is 0.726. The Morgan fingerprint density at radius 1 is 1.47 bits per heavy atom. The van der Waals surface area contributed by atoms with Crippen LogP contribution in [0.15, 0.2) is 0 Å². The van der Waals surface area contributed by atoms with E-state index >= 15 is 0 Å². The van der Waals surface area contributed by atoms with Gasteiger partial charge in [0, 0.05) is 19.1 Å². The Bertz CT molecular complexity index is 312. The Labute approximate surface area is 101 Å². The van der Waals surface area contributed by atoms with Crippen molar-refractivity contribution in [3.05, 3.63) is 0 Å². The first-order valence-corrected chi connectivity index (χ1v) is 5.59. The molecule has 0 saturated heterocycles. The average molecular weight is 241 g/mol. The first kappa shape index (κ1) is 15.2. The second-order valence-corrected chi connectivity index (χ2v) is 3.85. The van der Waals surface area contributed by atoms with Gasteiger partial charge in [0.05, 0.1) is 18.4 Å². The zero-order valence-corrected chi connectivity index (χ0v) is 10.4. The van der Waals surface area contributed by atoms with Gasteiger partial charge in [0.2, 0.25) is 0 Å². The molecule has 2 N–H and O–H groups in total. The summed E-state index contributed by atoms with van der Waals surface area (Å²) in [6, 6.07) is 1.19. The Hall–Kier alpha value is -1.77. The van der Waals surface area contributed by atoms with Gasteiger partial charge in [-0.1, -0.05) is 0 Å². The first-order valence-electron chi connectivity index (χ1n) is 5.59. The molecule has 2 atom stereocenters. The fourth-order valence-corrected chi connectivity index (χ4v) is 1.21. The monoisotopic (exact) mass is 241 g/mol. The predicted molar refractivity (Wildman–Crippen MR) is 62.3 cm³/mol. The minimum Gasteiger partial charge on any atom is -0.481 e. The minimum atomic E-state index is -0.946. The number of nitrogens with zero attached hydrogens (tertiary/aromatic N) is 2. The minimum absolute atomic E-state index is 0.268. The zero-order chi connectivity index (χ0) is 13.4. The van der Waals surface area contributed by atoms with E-state index in [-0.39, 0.29) is 12.5 Å². The molecule has 17 heavy (non-hydrogen) atoms. The zero-order valence-electron chi connectivity index (χ0n) is 10.4. The average Bonchev–Trinajstić information content (AvgIpc) is 2.28. The molecule has 6 nitrogen and oxygen atoms in total. The van der Waals surface area contributed by atoms with E-state index in [4.69, 9.17) is 10.4 Å². The molecule has 2 amide bonds. The van der Waals surface area contributed by atoms with Gasteiger partial charge in [-0.2, -0.15) is 5.26 Å². The summed E-state index contributed by atoms with van der Waals surface area (Å²) >= 11 is 0. The summed E-state index contributed by atoms with van der Waals surface area (Å²) in [5, 5.41) is 19.9. The number of nitriles is 1. The largest absolute Gasteiger partial charge is 0.481 e. The molecule has 0 fully saturated rings. The van der Waals surface area contributed by atoms with Crippen molar-refractivity contribution in [1.82, 2.24) is 10.2 Å². The van der Waals surface area contributed by atoms with E-state index in [1.807, 2.05) is 13.0 Å². The van der Waals surface area contributed by atoms with Crippen molar-refractivity contribution in [1.29, 1.82) is 5.26 Å². The maximum atomic E-state index is 11.7. The summed E-state index contributed by atoms with van der Waals surface area (Å²) in [7, 11) is 0. The van der Waals surface area contributed by atoms with Crippen LogP contribution in [0.5, 0.6) is 0 Å². The van der Waals surface area contributed by atoms with Crippen molar-refractivity contribution in [3.8, 4) is 6.07 Å². The van der Waals surface area contributed by atoms with E-state index in [0.29, 0.717) is 13.1 Å². The molecule has 0 heterocycles. The summed E-state index contributed by atoms with van der Waals surface area (Å²) < 4.78 is 0. The summed E-state index contributed by atoms with van der Waals surface area (Å²) in [6.45, 7) is 5.84. The van der Waals surface area contributed by atoms with Crippen molar-refractivity contribution in [3.63, 3.8) is 0 Å². The Morgan fingerprint density at radius 2 is 2.06 bits per heavy atom. The normalized spacial score (nSPS) is 13.3. The van der Waals surface area contributed by atoms with Crippen LogP contribution in [0.4, 0.5) is 4.79 Å². The molecule has 2 unspecified atom stereocenters. The molecule has 0 aliphatic heterocycles. The van der Waals surface area contributed by atoms with Crippen molar-refractivity contribution >= 4 is 12.0 Å². The fraction of sp³-hybridized carbons (Fsp3) is 0.727. The third-order valence-electron chi connectivity index (χ3n) is 2.65. The van der Waals surface area contributed by atoms with Crippen LogP contribution in [0.3, 0.4) is 0 Å². The standard InChI is InChI=1S/C11H19N3O3/c1-4-14(7-5-6-12)11(17)13-9(3)8(2)10(15)16/h8-9H,4-5,7H2,1-3H3,(H,13,17)(H,15,16). The lowest BCUT2D eigenvalue weighted by atomic mass is 10.0. The summed E-state index contributed by atoms with van der Waals surface area (Å²) in [4.78, 5) is 23.9. The topological polar surface area (TPSA) is 93.4 Å². The Balaban J connectivity index is 4.31. The van der Waals surface area contributed by atoms with Crippen molar-refractivity contribution < 1.29 is 14.7 Å². The van der Waals surface area contributed by atoms with E-state index < -0.39 is 17.9 Å². The number of carboxylic acid groups (broad SMARTS) is 1. The number of hydrogen-bond acceptors (Lipinski definition) is 3. The number of rotatable bonds is 6. The van der Waals surface area contributed by atoms with Gasteiger partial charge in [0.1, 0.15) is 0 Å². The summed E-state index contributed by atoms with van der Waals surface area (Å²) in [6.07, 6.45) is 0.268. The van der Waals surface area contributed by atoms with Crippen LogP contribution in [0, 0.1) is 17.2 Å². The highest BCUT2D eigenvalue weighted by molar-refractivity contribution is 5.76. The third-order valence-corrected chi connectivity index (χ3v) is 2.65. The summed E-state index contributed by atoms with van der Waals surface area (Å²) in [5.41, 5.74) is 0. The molecule has 0 bridgehead atoms. The highest BCUT2D eigenvalue weighted by Crippen LogP contribution is 2.03. The molecule has 0 aliphatic carbocycles. The second kappa shape index (κ2) is 7.49. The van der Waals surface area contributed by atoms with Gasteiger partial charge in [0.25, 0.3) is 0 Å². The fourth-order valence-electron chi connectivity index (χ4n) is 1.21. The number of amides is 2. The molecule has 96 valence electrons. The van der Waals surface area contributed by atoms with E-state index in [2.05, 4.69) is 5.32 Å². The van der Waals surface area contributed by atoms with Gasteiger partial charge in [0.15, 0.2) is 0 Å². The van der Waals surface area contributed by atoms with Crippen LogP contribution in [-0.4, -0.2) is 41.1 Å². The van der Waals surface area contributed by atoms with Crippen molar-refractivity contribution in [2.24, 2.45) is 5.92 Å². The van der Waals surface area contributed by atoms with E-state index in [0.717, 1.165) is 0 Å². The van der Waals surface area contributed by atoms with Crippen LogP contribution < -0.4 is 5.32 Å². The highest BCUT2D eigenvalue weighted by Gasteiger charge is 2.22. The lowest BCUT2D eigenvalue weighted by molar-refractivity contribution is -0.141. The lowest BCUT2D eigenvalue weighted by Gasteiger charge is -2.24. The molecule has 0 aromatic carbocycles. The molecule has 0 aliphatic rings. The second-order valence-electron chi connectivity index (χ2n) is 3.85. The van der Waals surface area contributed by atoms with Crippen LogP contribution in [0.25, 0.3) is 0 Å². The summed E-state index contributed by atoms with van der Waals surface area (Å²) in [5.74, 6) is -1.59. The number of nitrogens with one attached hydrogen (secondary N) is 1. The van der Waals surface area contributed by atoms with Gasteiger partial charge in [-0.3, -0.25) is 4.79 Å². The van der Waals surface area contributed by atoms with Gasteiger partial charge in [-0.05, 0) is 20.8 Å². The molecule has 6 heteroatoms. The van der Waals surface area contributed by atoms with E-state index in [1.165, 1.54) is 4.90 Å². The number of carbonyl (C=O) groups excluding carboxylic acids is 1. The smallest absolute Gasteiger partial charge is 0.317 e. The SMILES string of the molecule is CCN(CCC#N)C(=O)NC(C)C(C)C(=O)O. The Morgan fingerprint density at radius 3 is 2.47 bits per heavy atom. The van der Waals surface area contributed by atoms with Gasteiger partial charge in [-0.15, -0.1) is 0 Å². The number of carbonyl (C=O) groups is 2. The van der Waals surface area contributed by atoms with Gasteiger partial charge in [-0.25, -0.2) is 4.79 Å². The molecule has 0 saturated carbocycles. The van der Waals surface area contributed by atoms with Crippen molar-refractivity contribution in [2.75, 3.05) is 13.1 Å². The highest BCUT2D eigenvalue weighted by atomic mass is 16.4. The number of urea groups is 1. The first-order chi connectivity index (χ1) is 7.93. The maximum Gasteiger partial charge on any atom is 0.317 e. The van der Waals surface area contributed by atoms with Crippen molar-refractivity contribution in [2.45, 2.75) is 33.2 Å². The molecule has 0 aromatic heterocycles. The molecule has 0 aromatic rings. The molecule has 0 radical (unpaired) electrons. The molecule has 0 spiro atoms. The van der Waals surface area contributed by atoms with Crippen LogP contribution in [-0.2, 0) is 4.79 Å². The molecular weight excluding hydrogens is 222 g/mol. The van der Waals surface area contributed by atoms with Crippen LogP contribution >= 0.6 is 0 Å². The van der Waals surface area contributed by atoms with E-state index in [9.17, 15) is 9.59 Å². The van der Waals surface area contributed by atoms with Crippen LogP contribution in [0.2, 0.25) is 0 Å². The molecular formula is C11H19N3O3. The molecule has 0 rings (SSSR count). The number of hydrogen-bond donors (Lipinski definition) is 2. The van der Waals surface area contributed by atoms with E-state index in [1.54, 1.807) is 13.8 Å². The third kappa shape index (κ3) is 5.20. The Kier molecular flexibility index (Phi) is 6.71. The van der Waals surface area contributed by atoms with Gasteiger partial charge >= 0.3 is 12.0 Å². The lowest BCUT2D eigenvalue weighted by Crippen LogP contribution is -2.47. The van der Waals surface area contributed by atoms with Gasteiger partial charge < -0.3 is 15.3 Å². The van der Waals surface area contributed by atoms with Crippen LogP contribution in [0.1, 0.15) is 27.2 Å². The number of aliphatic carboxylic acids is 1. The maximum absolute atomic E-state index is 11.7. The number of carboxylic acids is 1.